The molecule has 0 amide bonds. The van der Waals surface area contributed by atoms with Crippen LogP contribution in [0.2, 0.25) is 0 Å². The molecule has 0 N–H and O–H groups in total. The number of unbranched alkanes of at least 4 members (excludes halogenated alkanes) is 3. The van der Waals surface area contributed by atoms with Crippen molar-refractivity contribution in [2.45, 2.75) is 50.0 Å². The zero-order valence-corrected chi connectivity index (χ0v) is 10.8. The van der Waals surface area contributed by atoms with Crippen LogP contribution in [0.25, 0.3) is 0 Å². The quantitative estimate of drug-likeness (QED) is 0.459. The van der Waals surface area contributed by atoms with Gasteiger partial charge >= 0.3 is 0 Å². The maximum Gasteiger partial charge on any atom is 0.0506 e. The molecule has 0 aromatic heterocycles. The van der Waals surface area contributed by atoms with Crippen LogP contribution < -0.4 is 0 Å². The fourth-order valence-electron chi connectivity index (χ4n) is 1.55. The monoisotopic (exact) mass is 230 g/mol. The minimum Gasteiger partial charge on any atom is -0.147 e. The Bertz CT molecular complexity index is 148. The third kappa shape index (κ3) is 6.02. The number of hydrogen-bond donors (Lipinski definition) is 0. The van der Waals surface area contributed by atoms with E-state index in [2.05, 4.69) is 42.6 Å². The molecule has 0 aromatic carbocycles. The lowest BCUT2D eigenvalue weighted by molar-refractivity contribution is 0.727. The molecule has 0 bridgehead atoms. The summed E-state index contributed by atoms with van der Waals surface area (Å²) >= 11 is 4.29. The Morgan fingerprint density at radius 2 is 1.79 bits per heavy atom. The Hall–Kier alpha value is 0.440. The third-order valence-electron chi connectivity index (χ3n) is 2.40. The van der Waals surface area contributed by atoms with E-state index >= 15 is 0 Å². The average Bonchev–Trinajstić information content (AvgIpc) is 2.69. The zero-order valence-electron chi connectivity index (χ0n) is 9.21. The molecule has 0 atom stereocenters. The Morgan fingerprint density at radius 1 is 1.07 bits per heavy atom. The summed E-state index contributed by atoms with van der Waals surface area (Å²) in [7, 11) is 0. The molecule has 1 heterocycles. The minimum atomic E-state index is 0.898. The van der Waals surface area contributed by atoms with Gasteiger partial charge in [-0.1, -0.05) is 31.9 Å². The molecule has 0 aliphatic carbocycles. The summed E-state index contributed by atoms with van der Waals surface area (Å²) in [6.45, 7) is 2.26. The summed E-state index contributed by atoms with van der Waals surface area (Å²) in [6.07, 6.45) is 12.8. The Kier molecular flexibility index (Phi) is 7.80. The van der Waals surface area contributed by atoms with Gasteiger partial charge in [-0.2, -0.15) is 0 Å². The molecule has 2 heteroatoms. The van der Waals surface area contributed by atoms with Crippen molar-refractivity contribution in [1.29, 1.82) is 0 Å². The smallest absolute Gasteiger partial charge is 0.0506 e. The fourth-order valence-corrected chi connectivity index (χ4v) is 4.42. The summed E-state index contributed by atoms with van der Waals surface area (Å²) in [5.41, 5.74) is 0. The van der Waals surface area contributed by atoms with Crippen molar-refractivity contribution in [2.24, 2.45) is 0 Å². The van der Waals surface area contributed by atoms with Crippen molar-refractivity contribution in [3.8, 4) is 0 Å². The molecule has 1 fully saturated rings. The van der Waals surface area contributed by atoms with Crippen molar-refractivity contribution >= 4 is 23.5 Å². The minimum absolute atomic E-state index is 0.898. The molecule has 0 spiro atoms. The van der Waals surface area contributed by atoms with Crippen molar-refractivity contribution in [3.05, 3.63) is 12.2 Å². The van der Waals surface area contributed by atoms with Crippen molar-refractivity contribution in [2.75, 3.05) is 11.5 Å². The standard InChI is InChI=1S/C12H22S2/c1-2-3-4-5-6-7-8-9-12-13-10-11-14-12/h6-7,12H,2-5,8-11H2,1H3/b7-6-. The number of hydrogen-bond acceptors (Lipinski definition) is 2. The van der Waals surface area contributed by atoms with E-state index in [-0.39, 0.29) is 0 Å². The average molecular weight is 230 g/mol. The van der Waals surface area contributed by atoms with E-state index in [1.165, 1.54) is 50.0 Å². The molecule has 0 unspecified atom stereocenters. The lowest BCUT2D eigenvalue weighted by Gasteiger charge is -2.03. The van der Waals surface area contributed by atoms with Crippen LogP contribution in [0.15, 0.2) is 12.2 Å². The lowest BCUT2D eigenvalue weighted by atomic mass is 10.2. The van der Waals surface area contributed by atoms with Gasteiger partial charge in [-0.15, -0.1) is 23.5 Å². The number of rotatable bonds is 7. The van der Waals surface area contributed by atoms with Gasteiger partial charge in [0.25, 0.3) is 0 Å². The predicted molar refractivity (Wildman–Crippen MR) is 71.2 cm³/mol. The van der Waals surface area contributed by atoms with Crippen LogP contribution in [-0.4, -0.2) is 16.1 Å². The molecule has 14 heavy (non-hydrogen) atoms. The molecular weight excluding hydrogens is 208 g/mol. The first kappa shape index (κ1) is 12.5. The van der Waals surface area contributed by atoms with Gasteiger partial charge in [0.1, 0.15) is 0 Å². The molecule has 0 radical (unpaired) electrons. The Labute approximate surface area is 97.3 Å². The summed E-state index contributed by atoms with van der Waals surface area (Å²) in [6, 6.07) is 0. The first-order valence-electron chi connectivity index (χ1n) is 5.81. The van der Waals surface area contributed by atoms with Crippen LogP contribution in [0.3, 0.4) is 0 Å². The van der Waals surface area contributed by atoms with Gasteiger partial charge in [-0.3, -0.25) is 0 Å². The predicted octanol–water partition coefficient (Wildman–Crippen LogP) is 4.71. The van der Waals surface area contributed by atoms with E-state index in [0.29, 0.717) is 0 Å². The molecule has 0 saturated carbocycles. The number of allylic oxidation sites excluding steroid dienone is 2. The van der Waals surface area contributed by atoms with Crippen LogP contribution in [-0.2, 0) is 0 Å². The second kappa shape index (κ2) is 8.72. The molecule has 0 aromatic rings. The molecule has 82 valence electrons. The third-order valence-corrected chi connectivity index (χ3v) is 5.57. The van der Waals surface area contributed by atoms with E-state index in [4.69, 9.17) is 0 Å². The van der Waals surface area contributed by atoms with Gasteiger partial charge in [0, 0.05) is 11.5 Å². The van der Waals surface area contributed by atoms with E-state index in [9.17, 15) is 0 Å². The van der Waals surface area contributed by atoms with Gasteiger partial charge in [-0.25, -0.2) is 0 Å². The summed E-state index contributed by atoms with van der Waals surface area (Å²) in [4.78, 5) is 0. The largest absolute Gasteiger partial charge is 0.147 e. The van der Waals surface area contributed by atoms with Gasteiger partial charge < -0.3 is 0 Å². The first-order valence-corrected chi connectivity index (χ1v) is 7.91. The van der Waals surface area contributed by atoms with E-state index in [1.807, 2.05) is 0 Å². The molecular formula is C12H22S2. The zero-order chi connectivity index (χ0) is 10.1. The number of thioether (sulfide) groups is 2. The maximum absolute atomic E-state index is 2.38. The van der Waals surface area contributed by atoms with Crippen LogP contribution in [0.5, 0.6) is 0 Å². The van der Waals surface area contributed by atoms with Crippen molar-refractivity contribution < 1.29 is 0 Å². The van der Waals surface area contributed by atoms with Crippen LogP contribution in [0.4, 0.5) is 0 Å². The fraction of sp³-hybridized carbons (Fsp3) is 0.833. The van der Waals surface area contributed by atoms with E-state index < -0.39 is 0 Å². The summed E-state index contributed by atoms with van der Waals surface area (Å²) in [5.74, 6) is 2.74. The highest BCUT2D eigenvalue weighted by Gasteiger charge is 2.14. The Morgan fingerprint density at radius 3 is 2.50 bits per heavy atom. The Balaban J connectivity index is 1.87. The van der Waals surface area contributed by atoms with Crippen molar-refractivity contribution in [3.63, 3.8) is 0 Å². The van der Waals surface area contributed by atoms with Crippen LogP contribution in [0.1, 0.15) is 45.4 Å². The summed E-state index contributed by atoms with van der Waals surface area (Å²) in [5, 5.41) is 0. The second-order valence-electron chi connectivity index (χ2n) is 3.72. The second-order valence-corrected chi connectivity index (χ2v) is 6.64. The first-order chi connectivity index (χ1) is 6.93. The van der Waals surface area contributed by atoms with Crippen LogP contribution in [0, 0.1) is 0 Å². The highest BCUT2D eigenvalue weighted by molar-refractivity contribution is 8.20. The molecule has 1 saturated heterocycles. The van der Waals surface area contributed by atoms with Gasteiger partial charge in [0.05, 0.1) is 4.58 Å². The summed E-state index contributed by atoms with van der Waals surface area (Å²) < 4.78 is 0.898. The van der Waals surface area contributed by atoms with Gasteiger partial charge in [-0.05, 0) is 25.7 Å². The van der Waals surface area contributed by atoms with Crippen LogP contribution >= 0.6 is 23.5 Å². The normalized spacial score (nSPS) is 18.4. The molecule has 1 rings (SSSR count). The maximum atomic E-state index is 2.38. The van der Waals surface area contributed by atoms with E-state index in [1.54, 1.807) is 0 Å². The van der Waals surface area contributed by atoms with Crippen molar-refractivity contribution in [1.82, 2.24) is 0 Å². The van der Waals surface area contributed by atoms with Gasteiger partial charge in [0.15, 0.2) is 0 Å². The lowest BCUT2D eigenvalue weighted by Crippen LogP contribution is -1.88. The topological polar surface area (TPSA) is 0 Å². The highest BCUT2D eigenvalue weighted by Crippen LogP contribution is 2.34. The SMILES string of the molecule is CCCCC/C=C\CCC1SCCS1. The highest BCUT2D eigenvalue weighted by atomic mass is 32.2. The van der Waals surface area contributed by atoms with Gasteiger partial charge in [0.2, 0.25) is 0 Å². The van der Waals surface area contributed by atoms with E-state index in [0.717, 1.165) is 4.58 Å². The molecule has 1 aliphatic heterocycles. The molecule has 1 aliphatic rings. The molecule has 0 nitrogen and oxygen atoms in total.